The molecule has 0 saturated carbocycles. The van der Waals surface area contributed by atoms with Crippen LogP contribution in [-0.4, -0.2) is 37.7 Å². The van der Waals surface area contributed by atoms with Gasteiger partial charge in [-0.05, 0) is 13.3 Å². The van der Waals surface area contributed by atoms with Crippen LogP contribution in [-0.2, 0) is 28.6 Å². The number of unbranched alkanes of at least 4 members (excludes halogenated alkanes) is 1. The Kier molecular flexibility index (Phi) is 9.25. The largest absolute Gasteiger partial charge is 0.463 e. The maximum absolute atomic E-state index is 11.1. The molecule has 0 radical (unpaired) electrons. The Hall–Kier alpha value is -1.85. The second-order valence-corrected chi connectivity index (χ2v) is 3.27. The quantitative estimate of drug-likeness (QED) is 0.279. The molecule has 0 aliphatic rings. The van der Waals surface area contributed by atoms with Crippen LogP contribution in [0.15, 0.2) is 12.2 Å². The van der Waals surface area contributed by atoms with Gasteiger partial charge in [-0.2, -0.15) is 0 Å². The van der Waals surface area contributed by atoms with Gasteiger partial charge in [-0.15, -0.1) is 0 Å². The summed E-state index contributed by atoms with van der Waals surface area (Å²) in [4.78, 5) is 33.0. The van der Waals surface area contributed by atoms with E-state index in [0.29, 0.717) is 6.61 Å². The van der Waals surface area contributed by atoms with Crippen LogP contribution in [0.3, 0.4) is 0 Å². The van der Waals surface area contributed by atoms with Gasteiger partial charge in [0.25, 0.3) is 0 Å². The fourth-order valence-corrected chi connectivity index (χ4v) is 0.882. The van der Waals surface area contributed by atoms with Gasteiger partial charge in [0.05, 0.1) is 13.2 Å². The molecule has 0 amide bonds. The van der Waals surface area contributed by atoms with Gasteiger partial charge in [0, 0.05) is 12.2 Å². The Morgan fingerprint density at radius 3 is 2.11 bits per heavy atom. The van der Waals surface area contributed by atoms with Crippen molar-refractivity contribution in [1.29, 1.82) is 0 Å². The van der Waals surface area contributed by atoms with E-state index in [2.05, 4.69) is 9.47 Å². The molecule has 0 atom stereocenters. The summed E-state index contributed by atoms with van der Waals surface area (Å²) in [5.74, 6) is -2.04. The van der Waals surface area contributed by atoms with E-state index in [4.69, 9.17) is 4.74 Å². The van der Waals surface area contributed by atoms with Crippen molar-refractivity contribution in [2.45, 2.75) is 26.7 Å². The van der Waals surface area contributed by atoms with Crippen molar-refractivity contribution in [2.24, 2.45) is 0 Å². The first-order valence-corrected chi connectivity index (χ1v) is 5.77. The van der Waals surface area contributed by atoms with Crippen molar-refractivity contribution in [3.8, 4) is 0 Å². The summed E-state index contributed by atoms with van der Waals surface area (Å²) in [6.07, 6.45) is 3.56. The molecule has 0 aliphatic carbocycles. The van der Waals surface area contributed by atoms with E-state index in [1.807, 2.05) is 6.92 Å². The van der Waals surface area contributed by atoms with Crippen LogP contribution in [0.4, 0.5) is 0 Å². The maximum Gasteiger partial charge on any atom is 0.344 e. The average molecular weight is 258 g/mol. The van der Waals surface area contributed by atoms with Gasteiger partial charge in [-0.25, -0.2) is 14.4 Å². The van der Waals surface area contributed by atoms with E-state index >= 15 is 0 Å². The molecule has 102 valence electrons. The Bertz CT molecular complexity index is 308. The number of rotatable bonds is 8. The molecule has 0 spiro atoms. The van der Waals surface area contributed by atoms with Crippen molar-refractivity contribution < 1.29 is 28.6 Å². The zero-order valence-corrected chi connectivity index (χ0v) is 10.6. The summed E-state index contributed by atoms with van der Waals surface area (Å²) in [5, 5.41) is 0. The van der Waals surface area contributed by atoms with Gasteiger partial charge in [0.2, 0.25) is 0 Å². The second-order valence-electron chi connectivity index (χ2n) is 3.27. The fourth-order valence-electron chi connectivity index (χ4n) is 0.882. The van der Waals surface area contributed by atoms with Crippen LogP contribution in [0.5, 0.6) is 0 Å². The molecule has 0 unspecified atom stereocenters. The third-order valence-electron chi connectivity index (χ3n) is 1.74. The molecule has 0 aromatic rings. The van der Waals surface area contributed by atoms with E-state index in [1.165, 1.54) is 0 Å². The normalized spacial score (nSPS) is 10.1. The van der Waals surface area contributed by atoms with E-state index in [-0.39, 0.29) is 6.61 Å². The number of esters is 3. The Morgan fingerprint density at radius 2 is 1.56 bits per heavy atom. The highest BCUT2D eigenvalue weighted by atomic mass is 16.6. The molecule has 0 saturated heterocycles. The lowest BCUT2D eigenvalue weighted by atomic mass is 10.4. The molecule has 0 aromatic carbocycles. The Balaban J connectivity index is 3.79. The minimum Gasteiger partial charge on any atom is -0.463 e. The summed E-state index contributed by atoms with van der Waals surface area (Å²) in [6, 6.07) is 0. The lowest BCUT2D eigenvalue weighted by Crippen LogP contribution is -2.15. The monoisotopic (exact) mass is 258 g/mol. The van der Waals surface area contributed by atoms with E-state index in [0.717, 1.165) is 25.0 Å². The summed E-state index contributed by atoms with van der Waals surface area (Å²) >= 11 is 0. The molecular formula is C12H18O6. The summed E-state index contributed by atoms with van der Waals surface area (Å²) < 4.78 is 13.8. The minimum absolute atomic E-state index is 0.218. The Morgan fingerprint density at radius 1 is 0.944 bits per heavy atom. The molecule has 0 N–H and O–H groups in total. The summed E-state index contributed by atoms with van der Waals surface area (Å²) in [7, 11) is 0. The standard InChI is InChI=1S/C12H18O6/c1-3-5-8-17-10(13)6-7-11(14)18-9-12(15)16-4-2/h6-7H,3-5,8-9H2,1-2H3/b7-6-. The Labute approximate surface area is 106 Å². The van der Waals surface area contributed by atoms with E-state index < -0.39 is 24.5 Å². The first-order valence-electron chi connectivity index (χ1n) is 5.77. The van der Waals surface area contributed by atoms with Crippen LogP contribution >= 0.6 is 0 Å². The lowest BCUT2D eigenvalue weighted by molar-refractivity contribution is -0.155. The summed E-state index contributed by atoms with van der Waals surface area (Å²) in [5.41, 5.74) is 0. The van der Waals surface area contributed by atoms with E-state index in [1.54, 1.807) is 6.92 Å². The van der Waals surface area contributed by atoms with Gasteiger partial charge in [-0.1, -0.05) is 13.3 Å². The molecule has 0 rings (SSSR count). The van der Waals surface area contributed by atoms with Crippen LogP contribution in [0.2, 0.25) is 0 Å². The minimum atomic E-state index is -0.796. The highest BCUT2D eigenvalue weighted by Gasteiger charge is 2.05. The third kappa shape index (κ3) is 9.38. The SMILES string of the molecule is CCCCOC(=O)/C=C\C(=O)OCC(=O)OCC. The molecule has 6 heteroatoms. The van der Waals surface area contributed by atoms with Crippen molar-refractivity contribution >= 4 is 17.9 Å². The number of carbonyl (C=O) groups excluding carboxylic acids is 3. The number of carbonyl (C=O) groups is 3. The van der Waals surface area contributed by atoms with Gasteiger partial charge in [-0.3, -0.25) is 0 Å². The molecule has 0 heterocycles. The molecule has 0 bridgehead atoms. The molecular weight excluding hydrogens is 240 g/mol. The van der Waals surface area contributed by atoms with Crippen LogP contribution < -0.4 is 0 Å². The topological polar surface area (TPSA) is 78.9 Å². The smallest absolute Gasteiger partial charge is 0.344 e. The van der Waals surface area contributed by atoms with Gasteiger partial charge in [0.1, 0.15) is 0 Å². The predicted molar refractivity (Wildman–Crippen MR) is 62.6 cm³/mol. The van der Waals surface area contributed by atoms with Crippen molar-refractivity contribution in [2.75, 3.05) is 19.8 Å². The average Bonchev–Trinajstić information content (AvgIpc) is 2.34. The number of hydrogen-bond donors (Lipinski definition) is 0. The third-order valence-corrected chi connectivity index (χ3v) is 1.74. The van der Waals surface area contributed by atoms with Crippen molar-refractivity contribution in [3.63, 3.8) is 0 Å². The maximum atomic E-state index is 11.1. The highest BCUT2D eigenvalue weighted by molar-refractivity contribution is 5.92. The number of ether oxygens (including phenoxy) is 3. The zero-order chi connectivity index (χ0) is 13.8. The molecule has 6 nitrogen and oxygen atoms in total. The van der Waals surface area contributed by atoms with Gasteiger partial charge < -0.3 is 14.2 Å². The lowest BCUT2D eigenvalue weighted by Gasteiger charge is -2.01. The molecule has 0 aliphatic heterocycles. The zero-order valence-electron chi connectivity index (χ0n) is 10.6. The van der Waals surface area contributed by atoms with Crippen LogP contribution in [0.25, 0.3) is 0 Å². The van der Waals surface area contributed by atoms with Gasteiger partial charge >= 0.3 is 17.9 Å². The molecule has 0 aromatic heterocycles. The summed E-state index contributed by atoms with van der Waals surface area (Å²) in [6.45, 7) is 3.68. The predicted octanol–water partition coefficient (Wildman–Crippen LogP) is 0.992. The van der Waals surface area contributed by atoms with E-state index in [9.17, 15) is 14.4 Å². The molecule has 0 fully saturated rings. The number of hydrogen-bond acceptors (Lipinski definition) is 6. The van der Waals surface area contributed by atoms with Crippen molar-refractivity contribution in [1.82, 2.24) is 0 Å². The second kappa shape index (κ2) is 10.3. The van der Waals surface area contributed by atoms with Crippen LogP contribution in [0.1, 0.15) is 26.7 Å². The fraction of sp³-hybridized carbons (Fsp3) is 0.583. The highest BCUT2D eigenvalue weighted by Crippen LogP contribution is 1.91. The van der Waals surface area contributed by atoms with Crippen LogP contribution in [0, 0.1) is 0 Å². The first kappa shape index (κ1) is 16.1. The molecule has 18 heavy (non-hydrogen) atoms. The van der Waals surface area contributed by atoms with Crippen molar-refractivity contribution in [3.05, 3.63) is 12.2 Å². The van der Waals surface area contributed by atoms with Gasteiger partial charge in [0.15, 0.2) is 6.61 Å². The first-order chi connectivity index (χ1) is 8.60.